The van der Waals surface area contributed by atoms with Crippen molar-refractivity contribution in [2.45, 2.75) is 31.7 Å². The molecule has 1 unspecified atom stereocenters. The van der Waals surface area contributed by atoms with Gasteiger partial charge in [0.1, 0.15) is 11.6 Å². The van der Waals surface area contributed by atoms with Gasteiger partial charge in [0.15, 0.2) is 0 Å². The Balaban J connectivity index is 1.29. The quantitative estimate of drug-likeness (QED) is 0.634. The van der Waals surface area contributed by atoms with Crippen molar-refractivity contribution in [1.82, 2.24) is 15.5 Å². The van der Waals surface area contributed by atoms with E-state index in [-0.39, 0.29) is 23.7 Å². The average molecular weight is 443 g/mol. The van der Waals surface area contributed by atoms with Crippen molar-refractivity contribution in [1.29, 1.82) is 0 Å². The van der Waals surface area contributed by atoms with Gasteiger partial charge in [0.25, 0.3) is 0 Å². The molecular formula is C25H32F2N4O. The zero-order chi connectivity index (χ0) is 22.3. The van der Waals surface area contributed by atoms with Gasteiger partial charge in [-0.15, -0.1) is 0 Å². The van der Waals surface area contributed by atoms with Crippen molar-refractivity contribution in [3.63, 3.8) is 0 Å². The molecule has 0 radical (unpaired) electrons. The summed E-state index contributed by atoms with van der Waals surface area (Å²) in [7, 11) is 0. The van der Waals surface area contributed by atoms with Crippen LogP contribution in [0.5, 0.6) is 0 Å². The second-order valence-corrected chi connectivity index (χ2v) is 9.06. The first-order chi connectivity index (χ1) is 15.5. The topological polar surface area (TPSA) is 56.4 Å². The van der Waals surface area contributed by atoms with Gasteiger partial charge in [-0.3, -0.25) is 0 Å². The molecule has 4 rings (SSSR count). The number of amides is 2. The predicted molar refractivity (Wildman–Crippen MR) is 123 cm³/mol. The Morgan fingerprint density at radius 2 is 1.75 bits per heavy atom. The molecule has 2 aliphatic rings. The fourth-order valence-corrected chi connectivity index (χ4v) is 4.94. The number of nitrogens with one attached hydrogen (secondary N) is 3. The Kier molecular flexibility index (Phi) is 7.71. The standard InChI is InChI=1S/C25H32F2N4O/c26-21-5-3-18(4-6-21)14-19-2-1-13-31(16-19)17-20-15-28-12-11-24(20)30-25(32)29-23-9-7-22(27)8-10-23/h3-10,19-20,24,28H,1-2,11-17H2,(H2,29,30,32)/t19?,20-,24+/m0/s1. The second-order valence-electron chi connectivity index (χ2n) is 9.06. The third kappa shape index (κ3) is 6.50. The van der Waals surface area contributed by atoms with E-state index >= 15 is 0 Å². The maximum Gasteiger partial charge on any atom is 0.319 e. The number of hydrogen-bond donors (Lipinski definition) is 3. The lowest BCUT2D eigenvalue weighted by molar-refractivity contribution is 0.128. The minimum absolute atomic E-state index is 0.0918. The number of anilines is 1. The van der Waals surface area contributed by atoms with Gasteiger partial charge in [0.2, 0.25) is 0 Å². The highest BCUT2D eigenvalue weighted by Gasteiger charge is 2.30. The summed E-state index contributed by atoms with van der Waals surface area (Å²) < 4.78 is 26.3. The van der Waals surface area contributed by atoms with Gasteiger partial charge in [-0.05, 0) is 86.7 Å². The molecule has 0 spiro atoms. The molecule has 0 saturated carbocycles. The summed E-state index contributed by atoms with van der Waals surface area (Å²) >= 11 is 0. The van der Waals surface area contributed by atoms with Gasteiger partial charge in [-0.2, -0.15) is 0 Å². The number of likely N-dealkylation sites (tertiary alicyclic amines) is 1. The fraction of sp³-hybridized carbons (Fsp3) is 0.480. The summed E-state index contributed by atoms with van der Waals surface area (Å²) in [6.07, 6.45) is 4.21. The maximum absolute atomic E-state index is 13.2. The van der Waals surface area contributed by atoms with Gasteiger partial charge < -0.3 is 20.9 Å². The summed E-state index contributed by atoms with van der Waals surface area (Å²) in [6.45, 7) is 4.80. The molecule has 2 heterocycles. The highest BCUT2D eigenvalue weighted by Crippen LogP contribution is 2.23. The molecular weight excluding hydrogens is 410 g/mol. The summed E-state index contributed by atoms with van der Waals surface area (Å²) in [5.74, 6) is 0.380. The van der Waals surface area contributed by atoms with Crippen LogP contribution >= 0.6 is 0 Å². The number of piperidine rings is 2. The molecule has 2 aliphatic heterocycles. The van der Waals surface area contributed by atoms with E-state index in [4.69, 9.17) is 0 Å². The average Bonchev–Trinajstić information content (AvgIpc) is 2.79. The molecule has 0 bridgehead atoms. The zero-order valence-electron chi connectivity index (χ0n) is 18.3. The molecule has 3 atom stereocenters. The molecule has 7 heteroatoms. The van der Waals surface area contributed by atoms with Gasteiger partial charge >= 0.3 is 6.03 Å². The molecule has 172 valence electrons. The molecule has 2 aromatic rings. The van der Waals surface area contributed by atoms with E-state index in [1.165, 1.54) is 36.2 Å². The number of carbonyl (C=O) groups is 1. The Labute approximate surface area is 188 Å². The number of carbonyl (C=O) groups excluding carboxylic acids is 1. The lowest BCUT2D eigenvalue weighted by Crippen LogP contribution is -2.54. The minimum atomic E-state index is -0.325. The summed E-state index contributed by atoms with van der Waals surface area (Å²) in [5.41, 5.74) is 1.77. The zero-order valence-corrected chi connectivity index (χ0v) is 18.3. The molecule has 5 nitrogen and oxygen atoms in total. The summed E-state index contributed by atoms with van der Waals surface area (Å²) in [5, 5.41) is 9.40. The monoisotopic (exact) mass is 442 g/mol. The van der Waals surface area contributed by atoms with Crippen LogP contribution < -0.4 is 16.0 Å². The number of rotatable bonds is 6. The first kappa shape index (κ1) is 22.7. The number of urea groups is 1. The van der Waals surface area contributed by atoms with Crippen LogP contribution in [0.4, 0.5) is 19.3 Å². The molecule has 3 N–H and O–H groups in total. The lowest BCUT2D eigenvalue weighted by Gasteiger charge is -2.39. The van der Waals surface area contributed by atoms with E-state index < -0.39 is 0 Å². The first-order valence-corrected chi connectivity index (χ1v) is 11.6. The molecule has 2 aromatic carbocycles. The van der Waals surface area contributed by atoms with Crippen molar-refractivity contribution in [3.8, 4) is 0 Å². The molecule has 0 aromatic heterocycles. The van der Waals surface area contributed by atoms with Crippen LogP contribution in [-0.4, -0.2) is 49.7 Å². The molecule has 2 amide bonds. The molecule has 32 heavy (non-hydrogen) atoms. The Bertz CT molecular complexity index is 875. The van der Waals surface area contributed by atoms with Crippen LogP contribution in [0.15, 0.2) is 48.5 Å². The van der Waals surface area contributed by atoms with Crippen LogP contribution in [0.1, 0.15) is 24.8 Å². The SMILES string of the molecule is O=C(Nc1ccc(F)cc1)N[C@@H]1CCNC[C@H]1CN1CCCC(Cc2ccc(F)cc2)C1. The third-order valence-corrected chi connectivity index (χ3v) is 6.56. The fourth-order valence-electron chi connectivity index (χ4n) is 4.94. The molecule has 0 aliphatic carbocycles. The van der Waals surface area contributed by atoms with E-state index in [1.807, 2.05) is 12.1 Å². The van der Waals surface area contributed by atoms with E-state index in [0.29, 0.717) is 17.5 Å². The summed E-state index contributed by atoms with van der Waals surface area (Å²) in [6, 6.07) is 12.5. The number of nitrogens with zero attached hydrogens (tertiary/aromatic N) is 1. The van der Waals surface area contributed by atoms with E-state index in [0.717, 1.165) is 52.0 Å². The van der Waals surface area contributed by atoms with Crippen LogP contribution in [0, 0.1) is 23.5 Å². The van der Waals surface area contributed by atoms with Crippen molar-refractivity contribution in [3.05, 3.63) is 65.7 Å². The van der Waals surface area contributed by atoms with Gasteiger partial charge in [0.05, 0.1) is 0 Å². The Morgan fingerprint density at radius 3 is 2.50 bits per heavy atom. The maximum atomic E-state index is 13.2. The number of benzene rings is 2. The molecule has 2 saturated heterocycles. The molecule has 2 fully saturated rings. The van der Waals surface area contributed by atoms with Crippen LogP contribution in [0.3, 0.4) is 0 Å². The van der Waals surface area contributed by atoms with Gasteiger partial charge in [0, 0.05) is 37.3 Å². The van der Waals surface area contributed by atoms with Crippen molar-refractivity contribution in [2.75, 3.05) is 38.0 Å². The van der Waals surface area contributed by atoms with Crippen LogP contribution in [0.25, 0.3) is 0 Å². The van der Waals surface area contributed by atoms with Gasteiger partial charge in [-0.1, -0.05) is 12.1 Å². The normalized spacial score (nSPS) is 24.1. The summed E-state index contributed by atoms with van der Waals surface area (Å²) in [4.78, 5) is 15.0. The Hall–Kier alpha value is -2.51. The Morgan fingerprint density at radius 1 is 1.03 bits per heavy atom. The number of halogens is 2. The van der Waals surface area contributed by atoms with E-state index in [1.54, 1.807) is 12.1 Å². The van der Waals surface area contributed by atoms with Crippen LogP contribution in [-0.2, 0) is 6.42 Å². The first-order valence-electron chi connectivity index (χ1n) is 11.6. The van der Waals surface area contributed by atoms with Crippen molar-refractivity contribution >= 4 is 11.7 Å². The smallest absolute Gasteiger partial charge is 0.319 e. The van der Waals surface area contributed by atoms with Gasteiger partial charge in [-0.25, -0.2) is 13.6 Å². The third-order valence-electron chi connectivity index (χ3n) is 6.56. The van der Waals surface area contributed by atoms with Crippen molar-refractivity contribution in [2.24, 2.45) is 11.8 Å². The number of hydrogen-bond acceptors (Lipinski definition) is 3. The van der Waals surface area contributed by atoms with Crippen LogP contribution in [0.2, 0.25) is 0 Å². The highest BCUT2D eigenvalue weighted by atomic mass is 19.1. The minimum Gasteiger partial charge on any atom is -0.335 e. The second kappa shape index (κ2) is 10.9. The van der Waals surface area contributed by atoms with E-state index in [9.17, 15) is 13.6 Å². The largest absolute Gasteiger partial charge is 0.335 e. The highest BCUT2D eigenvalue weighted by molar-refractivity contribution is 5.89. The van der Waals surface area contributed by atoms with E-state index in [2.05, 4.69) is 20.9 Å². The van der Waals surface area contributed by atoms with Crippen molar-refractivity contribution < 1.29 is 13.6 Å². The predicted octanol–water partition coefficient (Wildman–Crippen LogP) is 4.02. The lowest BCUT2D eigenvalue weighted by atomic mass is 9.88.